The third kappa shape index (κ3) is 1.53. The molecule has 0 radical (unpaired) electrons. The highest BCUT2D eigenvalue weighted by molar-refractivity contribution is 6.32. The van der Waals surface area contributed by atoms with Gasteiger partial charge in [0.15, 0.2) is 0 Å². The average Bonchev–Trinajstić information content (AvgIpc) is 2.42. The SMILES string of the molecule is COc1cc2c(cc1Cl)CC(C)C2. The molecule has 0 spiro atoms. The molecule has 1 nitrogen and oxygen atoms in total. The molecule has 0 aromatic heterocycles. The summed E-state index contributed by atoms with van der Waals surface area (Å²) in [6, 6.07) is 4.11. The predicted molar refractivity (Wildman–Crippen MR) is 54.6 cm³/mol. The second kappa shape index (κ2) is 3.22. The van der Waals surface area contributed by atoms with Gasteiger partial charge in [0.2, 0.25) is 0 Å². The number of ether oxygens (including phenoxy) is 1. The summed E-state index contributed by atoms with van der Waals surface area (Å²) in [6.45, 7) is 2.26. The minimum Gasteiger partial charge on any atom is -0.495 e. The van der Waals surface area contributed by atoms with Crippen molar-refractivity contribution in [3.8, 4) is 5.75 Å². The standard InChI is InChI=1S/C11H13ClO/c1-7-3-8-5-10(12)11(13-2)6-9(8)4-7/h5-7H,3-4H2,1-2H3. The minimum atomic E-state index is 0.732. The number of benzene rings is 1. The van der Waals surface area contributed by atoms with E-state index >= 15 is 0 Å². The minimum absolute atomic E-state index is 0.732. The van der Waals surface area contributed by atoms with Gasteiger partial charge in [-0.15, -0.1) is 0 Å². The van der Waals surface area contributed by atoms with Crippen LogP contribution in [-0.4, -0.2) is 7.11 Å². The highest BCUT2D eigenvalue weighted by Gasteiger charge is 2.19. The van der Waals surface area contributed by atoms with Crippen molar-refractivity contribution in [2.45, 2.75) is 19.8 Å². The first kappa shape index (κ1) is 8.89. The maximum Gasteiger partial charge on any atom is 0.137 e. The second-order valence-corrected chi connectivity index (χ2v) is 4.18. The van der Waals surface area contributed by atoms with Gasteiger partial charge in [0.05, 0.1) is 12.1 Å². The fourth-order valence-electron chi connectivity index (χ4n) is 2.00. The lowest BCUT2D eigenvalue weighted by molar-refractivity contribution is 0.414. The van der Waals surface area contributed by atoms with Gasteiger partial charge in [-0.3, -0.25) is 0 Å². The van der Waals surface area contributed by atoms with Crippen molar-refractivity contribution in [1.82, 2.24) is 0 Å². The van der Waals surface area contributed by atoms with E-state index in [0.29, 0.717) is 0 Å². The van der Waals surface area contributed by atoms with Crippen LogP contribution in [0.3, 0.4) is 0 Å². The predicted octanol–water partition coefficient (Wildman–Crippen LogP) is 3.08. The van der Waals surface area contributed by atoms with Crippen LogP contribution in [0.4, 0.5) is 0 Å². The molecule has 0 saturated carbocycles. The highest BCUT2D eigenvalue weighted by Crippen LogP contribution is 2.34. The monoisotopic (exact) mass is 196 g/mol. The molecule has 70 valence electrons. The molecule has 1 aliphatic rings. The van der Waals surface area contributed by atoms with Crippen molar-refractivity contribution < 1.29 is 4.74 Å². The molecule has 1 unspecified atom stereocenters. The van der Waals surface area contributed by atoms with Crippen LogP contribution in [0.5, 0.6) is 5.75 Å². The molecule has 1 aromatic carbocycles. The van der Waals surface area contributed by atoms with Gasteiger partial charge in [-0.1, -0.05) is 18.5 Å². The van der Waals surface area contributed by atoms with Gasteiger partial charge in [0.1, 0.15) is 5.75 Å². The Morgan fingerprint density at radius 1 is 1.31 bits per heavy atom. The van der Waals surface area contributed by atoms with Gasteiger partial charge < -0.3 is 4.74 Å². The molecule has 2 heteroatoms. The summed E-state index contributed by atoms with van der Waals surface area (Å²) in [4.78, 5) is 0. The lowest BCUT2D eigenvalue weighted by Gasteiger charge is -2.05. The molecule has 13 heavy (non-hydrogen) atoms. The molecule has 0 fully saturated rings. The third-order valence-corrected chi connectivity index (χ3v) is 2.91. The van der Waals surface area contributed by atoms with E-state index < -0.39 is 0 Å². The van der Waals surface area contributed by atoms with Gasteiger partial charge in [-0.05, 0) is 42.0 Å². The Labute approximate surface area is 83.7 Å². The largest absolute Gasteiger partial charge is 0.495 e. The molecule has 0 heterocycles. The number of halogens is 1. The summed E-state index contributed by atoms with van der Waals surface area (Å²) in [7, 11) is 1.66. The molecular weight excluding hydrogens is 184 g/mol. The molecule has 0 amide bonds. The first-order chi connectivity index (χ1) is 6.20. The summed E-state index contributed by atoms with van der Waals surface area (Å²) in [5.74, 6) is 1.55. The molecule has 0 aliphatic heterocycles. The van der Waals surface area contributed by atoms with Crippen LogP contribution in [0, 0.1) is 5.92 Å². The summed E-state index contributed by atoms with van der Waals surface area (Å²) in [5.41, 5.74) is 2.78. The first-order valence-electron chi connectivity index (χ1n) is 4.56. The van der Waals surface area contributed by atoms with E-state index in [2.05, 4.69) is 13.0 Å². The highest BCUT2D eigenvalue weighted by atomic mass is 35.5. The Kier molecular flexibility index (Phi) is 2.20. The number of methoxy groups -OCH3 is 1. The first-order valence-corrected chi connectivity index (χ1v) is 4.93. The lowest BCUT2D eigenvalue weighted by atomic mass is 10.1. The molecule has 1 aliphatic carbocycles. The quantitative estimate of drug-likeness (QED) is 0.671. The molecular formula is C11H13ClO. The van der Waals surface area contributed by atoms with Gasteiger partial charge in [-0.2, -0.15) is 0 Å². The zero-order chi connectivity index (χ0) is 9.42. The van der Waals surface area contributed by atoms with E-state index in [9.17, 15) is 0 Å². The van der Waals surface area contributed by atoms with E-state index in [0.717, 1.165) is 29.5 Å². The van der Waals surface area contributed by atoms with Crippen LogP contribution in [0.25, 0.3) is 0 Å². The van der Waals surface area contributed by atoms with Gasteiger partial charge in [0.25, 0.3) is 0 Å². The van der Waals surface area contributed by atoms with Crippen molar-refractivity contribution in [2.24, 2.45) is 5.92 Å². The maximum absolute atomic E-state index is 6.03. The Bertz CT molecular complexity index is 333. The molecule has 0 bridgehead atoms. The van der Waals surface area contributed by atoms with E-state index in [1.54, 1.807) is 7.11 Å². The molecule has 0 saturated heterocycles. The van der Waals surface area contributed by atoms with Crippen LogP contribution < -0.4 is 4.74 Å². The van der Waals surface area contributed by atoms with E-state index in [-0.39, 0.29) is 0 Å². The Morgan fingerprint density at radius 2 is 1.92 bits per heavy atom. The van der Waals surface area contributed by atoms with Gasteiger partial charge in [0, 0.05) is 0 Å². The van der Waals surface area contributed by atoms with Crippen LogP contribution in [0.1, 0.15) is 18.1 Å². The molecule has 1 aromatic rings. The zero-order valence-electron chi connectivity index (χ0n) is 7.93. The summed E-state index contributed by atoms with van der Waals surface area (Å²) in [6.07, 6.45) is 2.31. The van der Waals surface area contributed by atoms with Crippen LogP contribution in [0.2, 0.25) is 5.02 Å². The third-order valence-electron chi connectivity index (χ3n) is 2.61. The van der Waals surface area contributed by atoms with Crippen molar-refractivity contribution in [1.29, 1.82) is 0 Å². The van der Waals surface area contributed by atoms with Crippen molar-refractivity contribution in [3.05, 3.63) is 28.3 Å². The van der Waals surface area contributed by atoms with E-state index in [4.69, 9.17) is 16.3 Å². The maximum atomic E-state index is 6.03. The Balaban J connectivity index is 2.44. The Morgan fingerprint density at radius 3 is 2.54 bits per heavy atom. The molecule has 0 N–H and O–H groups in total. The van der Waals surface area contributed by atoms with E-state index in [1.165, 1.54) is 11.1 Å². The summed E-state index contributed by atoms with van der Waals surface area (Å²) in [5, 5.41) is 0.732. The fraction of sp³-hybridized carbons (Fsp3) is 0.455. The summed E-state index contributed by atoms with van der Waals surface area (Å²) >= 11 is 6.03. The van der Waals surface area contributed by atoms with Crippen LogP contribution >= 0.6 is 11.6 Å². The molecule has 2 rings (SSSR count). The topological polar surface area (TPSA) is 9.23 Å². The Hall–Kier alpha value is -0.690. The zero-order valence-corrected chi connectivity index (χ0v) is 8.69. The molecule has 1 atom stereocenters. The summed E-state index contributed by atoms with van der Waals surface area (Å²) < 4.78 is 5.17. The average molecular weight is 197 g/mol. The van der Waals surface area contributed by atoms with Crippen LogP contribution in [0.15, 0.2) is 12.1 Å². The number of hydrogen-bond donors (Lipinski definition) is 0. The normalized spacial score (nSPS) is 20.1. The smallest absolute Gasteiger partial charge is 0.137 e. The van der Waals surface area contributed by atoms with Gasteiger partial charge >= 0.3 is 0 Å². The van der Waals surface area contributed by atoms with E-state index in [1.807, 2.05) is 6.07 Å². The number of rotatable bonds is 1. The fourth-order valence-corrected chi connectivity index (χ4v) is 2.26. The lowest BCUT2D eigenvalue weighted by Crippen LogP contribution is -1.89. The van der Waals surface area contributed by atoms with Crippen molar-refractivity contribution >= 4 is 11.6 Å². The van der Waals surface area contributed by atoms with Crippen LogP contribution in [-0.2, 0) is 12.8 Å². The van der Waals surface area contributed by atoms with Crippen molar-refractivity contribution in [2.75, 3.05) is 7.11 Å². The second-order valence-electron chi connectivity index (χ2n) is 3.77. The van der Waals surface area contributed by atoms with Crippen molar-refractivity contribution in [3.63, 3.8) is 0 Å². The number of hydrogen-bond acceptors (Lipinski definition) is 1. The van der Waals surface area contributed by atoms with Gasteiger partial charge in [-0.25, -0.2) is 0 Å². The number of fused-ring (bicyclic) bond motifs is 1.